The van der Waals surface area contributed by atoms with E-state index >= 15 is 0 Å². The van der Waals surface area contributed by atoms with Gasteiger partial charge in [0.1, 0.15) is 5.82 Å². The third-order valence-electron chi connectivity index (χ3n) is 3.38. The van der Waals surface area contributed by atoms with Crippen LogP contribution in [-0.2, 0) is 16.0 Å². The van der Waals surface area contributed by atoms with Gasteiger partial charge in [-0.2, -0.15) is 0 Å². The van der Waals surface area contributed by atoms with E-state index in [2.05, 4.69) is 10.6 Å². The Bertz CT molecular complexity index is 505. The molecule has 0 bridgehead atoms. The second kappa shape index (κ2) is 9.38. The highest BCUT2D eigenvalue weighted by atomic mass is 35.5. The van der Waals surface area contributed by atoms with E-state index < -0.39 is 0 Å². The van der Waals surface area contributed by atoms with Gasteiger partial charge in [0.05, 0.1) is 13.0 Å². The molecule has 1 aromatic carbocycles. The van der Waals surface area contributed by atoms with E-state index in [9.17, 15) is 14.0 Å². The lowest BCUT2D eigenvalue weighted by Crippen LogP contribution is -2.42. The van der Waals surface area contributed by atoms with Crippen molar-refractivity contribution in [3.8, 4) is 0 Å². The summed E-state index contributed by atoms with van der Waals surface area (Å²) in [7, 11) is 0. The number of nitrogens with one attached hydrogen (secondary N) is 2. The Labute approximate surface area is 135 Å². The van der Waals surface area contributed by atoms with Crippen molar-refractivity contribution in [1.82, 2.24) is 15.5 Å². The molecule has 0 spiro atoms. The van der Waals surface area contributed by atoms with Crippen molar-refractivity contribution in [2.75, 3.05) is 32.7 Å². The second-order valence-electron chi connectivity index (χ2n) is 5.07. The summed E-state index contributed by atoms with van der Waals surface area (Å²) in [6, 6.07) is 5.90. The standard InChI is InChI=1S/C15H20FN3O2.ClH/c16-13-4-1-3-12(9-13)10-14(20)18-11-15(21)19-7-2-5-17-6-8-19;/h1,3-4,9,17H,2,5-8,10-11H2,(H,18,20);1H. The minimum Gasteiger partial charge on any atom is -0.347 e. The lowest BCUT2D eigenvalue weighted by atomic mass is 10.1. The number of nitrogens with zero attached hydrogens (tertiary/aromatic N) is 1. The maximum Gasteiger partial charge on any atom is 0.242 e. The normalized spacial score (nSPS) is 14.7. The van der Waals surface area contributed by atoms with Crippen LogP contribution in [0.5, 0.6) is 0 Å². The maximum atomic E-state index is 13.0. The highest BCUT2D eigenvalue weighted by Gasteiger charge is 2.15. The molecule has 0 saturated carbocycles. The van der Waals surface area contributed by atoms with E-state index in [0.29, 0.717) is 18.7 Å². The first kappa shape index (κ1) is 18.4. The number of hydrogen-bond acceptors (Lipinski definition) is 3. The molecule has 2 N–H and O–H groups in total. The van der Waals surface area contributed by atoms with Crippen molar-refractivity contribution in [3.05, 3.63) is 35.6 Å². The van der Waals surface area contributed by atoms with Gasteiger partial charge in [0, 0.05) is 19.6 Å². The molecule has 0 unspecified atom stereocenters. The molecule has 5 nitrogen and oxygen atoms in total. The number of halogens is 2. The molecule has 0 atom stereocenters. The zero-order valence-electron chi connectivity index (χ0n) is 12.3. The summed E-state index contributed by atoms with van der Waals surface area (Å²) in [5.41, 5.74) is 0.596. The highest BCUT2D eigenvalue weighted by Crippen LogP contribution is 2.04. The summed E-state index contributed by atoms with van der Waals surface area (Å²) in [6.07, 6.45) is 0.996. The van der Waals surface area contributed by atoms with Crippen molar-refractivity contribution in [2.24, 2.45) is 0 Å². The van der Waals surface area contributed by atoms with Gasteiger partial charge in [-0.25, -0.2) is 4.39 Å². The van der Waals surface area contributed by atoms with E-state index in [4.69, 9.17) is 0 Å². The van der Waals surface area contributed by atoms with Gasteiger partial charge in [0.25, 0.3) is 0 Å². The van der Waals surface area contributed by atoms with Gasteiger partial charge in [-0.05, 0) is 30.7 Å². The van der Waals surface area contributed by atoms with Crippen molar-refractivity contribution in [1.29, 1.82) is 0 Å². The van der Waals surface area contributed by atoms with E-state index in [0.717, 1.165) is 19.5 Å². The van der Waals surface area contributed by atoms with Crippen LogP contribution in [0.25, 0.3) is 0 Å². The van der Waals surface area contributed by atoms with Crippen LogP contribution in [0.3, 0.4) is 0 Å². The SMILES string of the molecule is Cl.O=C(Cc1cccc(F)c1)NCC(=O)N1CCCNCC1. The zero-order valence-corrected chi connectivity index (χ0v) is 13.1. The topological polar surface area (TPSA) is 61.4 Å². The summed E-state index contributed by atoms with van der Waals surface area (Å²) >= 11 is 0. The molecule has 7 heteroatoms. The van der Waals surface area contributed by atoms with Gasteiger partial charge in [-0.1, -0.05) is 12.1 Å². The molecule has 1 saturated heterocycles. The summed E-state index contributed by atoms with van der Waals surface area (Å²) in [4.78, 5) is 25.5. The Kier molecular flexibility index (Phi) is 7.84. The second-order valence-corrected chi connectivity index (χ2v) is 5.07. The van der Waals surface area contributed by atoms with Crippen molar-refractivity contribution < 1.29 is 14.0 Å². The minimum absolute atomic E-state index is 0. The summed E-state index contributed by atoms with van der Waals surface area (Å²) in [5.74, 6) is -0.721. The Morgan fingerprint density at radius 1 is 1.27 bits per heavy atom. The Morgan fingerprint density at radius 3 is 2.86 bits per heavy atom. The van der Waals surface area contributed by atoms with Crippen LogP contribution in [-0.4, -0.2) is 49.4 Å². The fraction of sp³-hybridized carbons (Fsp3) is 0.467. The molecule has 0 radical (unpaired) electrons. The van der Waals surface area contributed by atoms with Crippen molar-refractivity contribution in [3.63, 3.8) is 0 Å². The van der Waals surface area contributed by atoms with Crippen LogP contribution < -0.4 is 10.6 Å². The molecular formula is C15H21ClFN3O2. The molecule has 1 aliphatic rings. The fourth-order valence-electron chi connectivity index (χ4n) is 2.28. The number of carbonyl (C=O) groups excluding carboxylic acids is 2. The number of amides is 2. The van der Waals surface area contributed by atoms with Gasteiger partial charge in [-0.3, -0.25) is 9.59 Å². The van der Waals surface area contributed by atoms with Gasteiger partial charge >= 0.3 is 0 Å². The third kappa shape index (κ3) is 5.99. The molecule has 2 amide bonds. The molecule has 2 rings (SSSR count). The number of hydrogen-bond donors (Lipinski definition) is 2. The predicted octanol–water partition coefficient (Wildman–Crippen LogP) is 0.728. The predicted molar refractivity (Wildman–Crippen MR) is 84.4 cm³/mol. The van der Waals surface area contributed by atoms with Gasteiger partial charge in [0.15, 0.2) is 0 Å². The Balaban J connectivity index is 0.00000242. The van der Waals surface area contributed by atoms with Gasteiger partial charge in [-0.15, -0.1) is 12.4 Å². The summed E-state index contributed by atoms with van der Waals surface area (Å²) in [5, 5.41) is 5.81. The van der Waals surface area contributed by atoms with Gasteiger partial charge in [0.2, 0.25) is 11.8 Å². The summed E-state index contributed by atoms with van der Waals surface area (Å²) in [6.45, 7) is 3.07. The van der Waals surface area contributed by atoms with Crippen LogP contribution >= 0.6 is 12.4 Å². The molecule has 22 heavy (non-hydrogen) atoms. The van der Waals surface area contributed by atoms with E-state index in [-0.39, 0.29) is 43.0 Å². The number of benzene rings is 1. The van der Waals surface area contributed by atoms with Crippen LogP contribution in [0.2, 0.25) is 0 Å². The quantitative estimate of drug-likeness (QED) is 0.856. The molecule has 1 fully saturated rings. The molecule has 0 aliphatic carbocycles. The molecule has 122 valence electrons. The molecule has 0 aromatic heterocycles. The first-order chi connectivity index (χ1) is 10.1. The first-order valence-electron chi connectivity index (χ1n) is 7.15. The Morgan fingerprint density at radius 2 is 2.09 bits per heavy atom. The van der Waals surface area contributed by atoms with Crippen molar-refractivity contribution in [2.45, 2.75) is 12.8 Å². The number of rotatable bonds is 4. The van der Waals surface area contributed by atoms with Crippen molar-refractivity contribution >= 4 is 24.2 Å². The average Bonchev–Trinajstić information content (AvgIpc) is 2.74. The average molecular weight is 330 g/mol. The van der Waals surface area contributed by atoms with E-state index in [1.54, 1.807) is 17.0 Å². The molecule has 1 aromatic rings. The summed E-state index contributed by atoms with van der Waals surface area (Å²) < 4.78 is 13.0. The number of carbonyl (C=O) groups is 2. The molecule has 1 aliphatic heterocycles. The smallest absolute Gasteiger partial charge is 0.242 e. The fourth-order valence-corrected chi connectivity index (χ4v) is 2.28. The van der Waals surface area contributed by atoms with E-state index in [1.165, 1.54) is 12.1 Å². The first-order valence-corrected chi connectivity index (χ1v) is 7.15. The van der Waals surface area contributed by atoms with Gasteiger partial charge < -0.3 is 15.5 Å². The zero-order chi connectivity index (χ0) is 15.1. The van der Waals surface area contributed by atoms with E-state index in [1.807, 2.05) is 0 Å². The minimum atomic E-state index is -0.367. The maximum absolute atomic E-state index is 13.0. The third-order valence-corrected chi connectivity index (χ3v) is 3.38. The Hall–Kier alpha value is -1.66. The monoisotopic (exact) mass is 329 g/mol. The van der Waals surface area contributed by atoms with Crippen LogP contribution in [0.1, 0.15) is 12.0 Å². The van der Waals surface area contributed by atoms with Crippen LogP contribution in [0, 0.1) is 5.82 Å². The van der Waals surface area contributed by atoms with Crippen LogP contribution in [0.15, 0.2) is 24.3 Å². The highest BCUT2D eigenvalue weighted by molar-refractivity contribution is 5.86. The molecule has 1 heterocycles. The van der Waals surface area contributed by atoms with Crippen LogP contribution in [0.4, 0.5) is 4.39 Å². The lowest BCUT2D eigenvalue weighted by molar-refractivity contribution is -0.132. The lowest BCUT2D eigenvalue weighted by Gasteiger charge is -2.20. The largest absolute Gasteiger partial charge is 0.347 e. The molecular weight excluding hydrogens is 309 g/mol.